The molecule has 0 heterocycles. The fraction of sp³-hybridized carbons (Fsp3) is 0.294. The number of benzene rings is 2. The van der Waals surface area contributed by atoms with Crippen LogP contribution in [0.1, 0.15) is 29.9 Å². The Morgan fingerprint density at radius 1 is 1.00 bits per heavy atom. The zero-order valence-electron chi connectivity index (χ0n) is 11.1. The first-order valence-electron chi connectivity index (χ1n) is 6.80. The van der Waals surface area contributed by atoms with Crippen molar-refractivity contribution in [1.82, 2.24) is 0 Å². The van der Waals surface area contributed by atoms with E-state index in [4.69, 9.17) is 11.6 Å². The maximum atomic E-state index is 6.17. The van der Waals surface area contributed by atoms with Crippen LogP contribution in [0, 0.1) is 6.92 Å². The molecule has 0 aromatic heterocycles. The first-order chi connectivity index (χ1) is 9.24. The molecule has 0 bridgehead atoms. The average molecular weight is 272 g/mol. The molecule has 1 aliphatic carbocycles. The van der Waals surface area contributed by atoms with Crippen LogP contribution in [-0.4, -0.2) is 6.04 Å². The SMILES string of the molecule is Cc1ccccc1C1CC(Nc2ccccc2Cl)C1. The van der Waals surface area contributed by atoms with Crippen molar-refractivity contribution < 1.29 is 0 Å². The predicted octanol–water partition coefficient (Wildman–Crippen LogP) is 5.01. The number of halogens is 1. The molecule has 1 fully saturated rings. The Kier molecular flexibility index (Phi) is 3.48. The molecule has 1 aliphatic rings. The second kappa shape index (κ2) is 5.26. The number of anilines is 1. The van der Waals surface area contributed by atoms with Crippen molar-refractivity contribution in [3.05, 3.63) is 64.7 Å². The fourth-order valence-corrected chi connectivity index (χ4v) is 3.02. The van der Waals surface area contributed by atoms with Crippen LogP contribution in [0.2, 0.25) is 5.02 Å². The van der Waals surface area contributed by atoms with Gasteiger partial charge in [-0.15, -0.1) is 0 Å². The summed E-state index contributed by atoms with van der Waals surface area (Å²) < 4.78 is 0. The fourth-order valence-electron chi connectivity index (χ4n) is 2.83. The molecule has 0 spiro atoms. The van der Waals surface area contributed by atoms with Crippen molar-refractivity contribution in [2.24, 2.45) is 0 Å². The molecular weight excluding hydrogens is 254 g/mol. The van der Waals surface area contributed by atoms with Gasteiger partial charge in [-0.05, 0) is 48.9 Å². The minimum absolute atomic E-state index is 0.546. The predicted molar refractivity (Wildman–Crippen MR) is 82.0 cm³/mol. The second-order valence-corrected chi connectivity index (χ2v) is 5.75. The summed E-state index contributed by atoms with van der Waals surface area (Å²) in [5, 5.41) is 4.34. The number of hydrogen-bond donors (Lipinski definition) is 1. The van der Waals surface area contributed by atoms with Gasteiger partial charge < -0.3 is 5.32 Å². The Hall–Kier alpha value is -1.47. The second-order valence-electron chi connectivity index (χ2n) is 5.35. The number of aryl methyl sites for hydroxylation is 1. The molecule has 2 aromatic rings. The maximum absolute atomic E-state index is 6.17. The summed E-state index contributed by atoms with van der Waals surface area (Å²) in [6.45, 7) is 2.20. The molecule has 2 aromatic carbocycles. The highest BCUT2D eigenvalue weighted by Gasteiger charge is 2.31. The third-order valence-corrected chi connectivity index (χ3v) is 4.33. The minimum Gasteiger partial charge on any atom is -0.381 e. The zero-order valence-corrected chi connectivity index (χ0v) is 11.8. The van der Waals surface area contributed by atoms with Gasteiger partial charge in [0.15, 0.2) is 0 Å². The van der Waals surface area contributed by atoms with E-state index in [0.29, 0.717) is 12.0 Å². The van der Waals surface area contributed by atoms with Crippen LogP contribution < -0.4 is 5.32 Å². The van der Waals surface area contributed by atoms with Crippen molar-refractivity contribution in [2.45, 2.75) is 31.7 Å². The number of hydrogen-bond acceptors (Lipinski definition) is 1. The highest BCUT2D eigenvalue weighted by Crippen LogP contribution is 2.40. The van der Waals surface area contributed by atoms with Crippen molar-refractivity contribution in [1.29, 1.82) is 0 Å². The Balaban J connectivity index is 1.62. The van der Waals surface area contributed by atoms with Crippen molar-refractivity contribution in [3.8, 4) is 0 Å². The number of rotatable bonds is 3. The van der Waals surface area contributed by atoms with E-state index in [1.807, 2.05) is 24.3 Å². The molecule has 0 saturated heterocycles. The Morgan fingerprint density at radius 2 is 1.68 bits per heavy atom. The summed E-state index contributed by atoms with van der Waals surface area (Å²) >= 11 is 6.17. The third kappa shape index (κ3) is 2.62. The summed E-state index contributed by atoms with van der Waals surface area (Å²) in [6, 6.07) is 17.2. The van der Waals surface area contributed by atoms with Gasteiger partial charge in [0.2, 0.25) is 0 Å². The largest absolute Gasteiger partial charge is 0.381 e. The number of para-hydroxylation sites is 1. The lowest BCUT2D eigenvalue weighted by atomic mass is 9.74. The van der Waals surface area contributed by atoms with Crippen LogP contribution in [-0.2, 0) is 0 Å². The maximum Gasteiger partial charge on any atom is 0.0637 e. The van der Waals surface area contributed by atoms with Gasteiger partial charge >= 0.3 is 0 Å². The molecule has 98 valence electrons. The summed E-state index contributed by atoms with van der Waals surface area (Å²) in [6.07, 6.45) is 2.38. The van der Waals surface area contributed by atoms with E-state index < -0.39 is 0 Å². The third-order valence-electron chi connectivity index (χ3n) is 4.00. The molecule has 3 rings (SSSR count). The molecule has 0 radical (unpaired) electrons. The summed E-state index contributed by atoms with van der Waals surface area (Å²) in [5.74, 6) is 0.696. The molecule has 0 amide bonds. The van der Waals surface area contributed by atoms with Gasteiger partial charge in [0.1, 0.15) is 0 Å². The van der Waals surface area contributed by atoms with E-state index in [0.717, 1.165) is 10.7 Å². The zero-order chi connectivity index (χ0) is 13.2. The summed E-state index contributed by atoms with van der Waals surface area (Å²) in [7, 11) is 0. The first-order valence-corrected chi connectivity index (χ1v) is 7.18. The van der Waals surface area contributed by atoms with E-state index in [1.165, 1.54) is 24.0 Å². The first kappa shape index (κ1) is 12.6. The van der Waals surface area contributed by atoms with Gasteiger partial charge in [-0.3, -0.25) is 0 Å². The standard InChI is InChI=1S/C17H18ClN/c1-12-6-2-3-7-15(12)13-10-14(11-13)19-17-9-5-4-8-16(17)18/h2-9,13-14,19H,10-11H2,1H3. The lowest BCUT2D eigenvalue weighted by Gasteiger charge is -2.37. The smallest absolute Gasteiger partial charge is 0.0637 e. The van der Waals surface area contributed by atoms with Crippen molar-refractivity contribution in [3.63, 3.8) is 0 Å². The molecular formula is C17H18ClN. The molecule has 1 N–H and O–H groups in total. The molecule has 19 heavy (non-hydrogen) atoms. The number of nitrogens with one attached hydrogen (secondary N) is 1. The van der Waals surface area contributed by atoms with E-state index in [-0.39, 0.29) is 0 Å². The minimum atomic E-state index is 0.546. The summed E-state index contributed by atoms with van der Waals surface area (Å²) in [4.78, 5) is 0. The summed E-state index contributed by atoms with van der Waals surface area (Å²) in [5.41, 5.74) is 3.96. The van der Waals surface area contributed by atoms with Crippen LogP contribution >= 0.6 is 11.6 Å². The molecule has 0 aliphatic heterocycles. The van der Waals surface area contributed by atoms with Gasteiger partial charge in [-0.25, -0.2) is 0 Å². The topological polar surface area (TPSA) is 12.0 Å². The molecule has 1 saturated carbocycles. The van der Waals surface area contributed by atoms with Crippen LogP contribution in [0.4, 0.5) is 5.69 Å². The van der Waals surface area contributed by atoms with Gasteiger partial charge in [0.05, 0.1) is 10.7 Å². The Labute approximate surface area is 119 Å². The van der Waals surface area contributed by atoms with Crippen molar-refractivity contribution in [2.75, 3.05) is 5.32 Å². The monoisotopic (exact) mass is 271 g/mol. The average Bonchev–Trinajstić information content (AvgIpc) is 2.37. The highest BCUT2D eigenvalue weighted by atomic mass is 35.5. The van der Waals surface area contributed by atoms with Crippen LogP contribution in [0.25, 0.3) is 0 Å². The molecule has 1 nitrogen and oxygen atoms in total. The molecule has 2 heteroatoms. The van der Waals surface area contributed by atoms with Crippen LogP contribution in [0.15, 0.2) is 48.5 Å². The lowest BCUT2D eigenvalue weighted by molar-refractivity contribution is 0.373. The van der Waals surface area contributed by atoms with Gasteiger partial charge in [-0.2, -0.15) is 0 Å². The lowest BCUT2D eigenvalue weighted by Crippen LogP contribution is -2.34. The van der Waals surface area contributed by atoms with E-state index in [2.05, 4.69) is 36.5 Å². The normalized spacial score (nSPS) is 21.8. The van der Waals surface area contributed by atoms with E-state index >= 15 is 0 Å². The molecule has 0 atom stereocenters. The Morgan fingerprint density at radius 3 is 2.42 bits per heavy atom. The highest BCUT2D eigenvalue weighted by molar-refractivity contribution is 6.33. The van der Waals surface area contributed by atoms with Crippen LogP contribution in [0.3, 0.4) is 0 Å². The van der Waals surface area contributed by atoms with Crippen molar-refractivity contribution >= 4 is 17.3 Å². The van der Waals surface area contributed by atoms with Gasteiger partial charge in [0.25, 0.3) is 0 Å². The van der Waals surface area contributed by atoms with Gasteiger partial charge in [-0.1, -0.05) is 48.0 Å². The quantitative estimate of drug-likeness (QED) is 0.828. The Bertz CT molecular complexity index is 573. The molecule has 0 unspecified atom stereocenters. The van der Waals surface area contributed by atoms with E-state index in [1.54, 1.807) is 0 Å². The van der Waals surface area contributed by atoms with Crippen LogP contribution in [0.5, 0.6) is 0 Å². The van der Waals surface area contributed by atoms with E-state index in [9.17, 15) is 0 Å². The van der Waals surface area contributed by atoms with Gasteiger partial charge in [0, 0.05) is 6.04 Å².